The Balaban J connectivity index is 0.852. The quantitative estimate of drug-likeness (QED) is 0.166. The maximum Gasteiger partial charge on any atom is 0.164 e. The van der Waals surface area contributed by atoms with Gasteiger partial charge in [-0.2, -0.15) is 0 Å². The summed E-state index contributed by atoms with van der Waals surface area (Å²) in [5.74, 6) is 2.72. The van der Waals surface area contributed by atoms with Crippen molar-refractivity contribution in [3.63, 3.8) is 0 Å². The molecule has 348 valence electrons. The van der Waals surface area contributed by atoms with Gasteiger partial charge in [0.25, 0.3) is 0 Å². The van der Waals surface area contributed by atoms with Gasteiger partial charge >= 0.3 is 0 Å². The normalized spacial score (nSPS) is 15.3. The van der Waals surface area contributed by atoms with Crippen molar-refractivity contribution >= 4 is 0 Å². The lowest BCUT2D eigenvalue weighted by Gasteiger charge is -2.42. The Hall–Kier alpha value is -9.71. The molecule has 5 nitrogen and oxygen atoms in total. The molecule has 0 aliphatic heterocycles. The molecular formula is C70H43N5. The molecule has 75 heavy (non-hydrogen) atoms. The summed E-state index contributed by atoms with van der Waals surface area (Å²) >= 11 is 0. The Labute approximate surface area is 434 Å². The van der Waals surface area contributed by atoms with E-state index in [1.54, 1.807) is 0 Å². The van der Waals surface area contributed by atoms with Gasteiger partial charge in [0.1, 0.15) is 0 Å². The van der Waals surface area contributed by atoms with E-state index in [-0.39, 0.29) is 11.8 Å². The van der Waals surface area contributed by atoms with E-state index in [0.717, 1.165) is 44.8 Å². The molecule has 5 aliphatic rings. The first kappa shape index (κ1) is 41.9. The standard InChI is InChI=1S/C70H43N5/c1-4-19-42(20-5-1)66-71-61(41-62(72-66)54-30-18-34-60-65(54)53-29-14-17-33-59(53)70(60)57-31-15-12-25-47(57)48-26-13-16-32-58(48)70)45-35-37-51-55(39-45)63-49-27-10-11-28-50(49)64(51)56-40-46(36-38-52(56)63)69-74-67(43-21-6-2-7-22-43)73-68(75-69)44-23-8-3-9-24-44/h1-41,63-64H. The third-order valence-electron chi connectivity index (χ3n) is 16.3. The van der Waals surface area contributed by atoms with Crippen LogP contribution in [-0.4, -0.2) is 24.9 Å². The van der Waals surface area contributed by atoms with Gasteiger partial charge in [-0.25, -0.2) is 24.9 Å². The molecule has 0 saturated heterocycles. The predicted molar refractivity (Wildman–Crippen MR) is 299 cm³/mol. The minimum atomic E-state index is -0.458. The minimum absolute atomic E-state index is 0.0280. The highest BCUT2D eigenvalue weighted by Gasteiger charge is 2.52. The average Bonchev–Trinajstić information content (AvgIpc) is 4.06. The number of hydrogen-bond donors (Lipinski definition) is 0. The summed E-state index contributed by atoms with van der Waals surface area (Å²) in [5, 5.41) is 0. The average molecular weight is 954 g/mol. The van der Waals surface area contributed by atoms with Crippen molar-refractivity contribution in [3.05, 3.63) is 304 Å². The summed E-state index contributed by atoms with van der Waals surface area (Å²) in [7, 11) is 0. The third kappa shape index (κ3) is 6.10. The Bertz CT molecular complexity index is 4210. The molecular weight excluding hydrogens is 911 g/mol. The molecule has 0 radical (unpaired) electrons. The van der Waals surface area contributed by atoms with E-state index < -0.39 is 5.41 Å². The molecule has 17 rings (SSSR count). The van der Waals surface area contributed by atoms with Crippen LogP contribution in [0.3, 0.4) is 0 Å². The summed E-state index contributed by atoms with van der Waals surface area (Å²) in [6.45, 7) is 0. The molecule has 0 N–H and O–H groups in total. The number of benzene rings is 10. The highest BCUT2D eigenvalue weighted by molar-refractivity contribution is 6.00. The van der Waals surface area contributed by atoms with Crippen LogP contribution in [0, 0.1) is 0 Å². The number of aromatic nitrogens is 5. The van der Waals surface area contributed by atoms with E-state index in [9.17, 15) is 0 Å². The fraction of sp³-hybridized carbons (Fsp3) is 0.0429. The van der Waals surface area contributed by atoms with Crippen molar-refractivity contribution in [2.45, 2.75) is 17.3 Å². The molecule has 2 heterocycles. The monoisotopic (exact) mass is 953 g/mol. The molecule has 5 heteroatoms. The van der Waals surface area contributed by atoms with Gasteiger partial charge in [-0.1, -0.05) is 231 Å². The summed E-state index contributed by atoms with van der Waals surface area (Å²) in [5.41, 5.74) is 25.6. The van der Waals surface area contributed by atoms with Crippen molar-refractivity contribution in [1.82, 2.24) is 24.9 Å². The maximum absolute atomic E-state index is 5.49. The van der Waals surface area contributed by atoms with Gasteiger partial charge in [0.2, 0.25) is 0 Å². The summed E-state index contributed by atoms with van der Waals surface area (Å²) < 4.78 is 0. The van der Waals surface area contributed by atoms with Crippen molar-refractivity contribution in [2.75, 3.05) is 0 Å². The van der Waals surface area contributed by atoms with Gasteiger partial charge in [0, 0.05) is 45.2 Å². The Morgan fingerprint density at radius 1 is 0.240 bits per heavy atom. The van der Waals surface area contributed by atoms with Crippen molar-refractivity contribution in [1.29, 1.82) is 0 Å². The van der Waals surface area contributed by atoms with E-state index in [1.807, 2.05) is 36.4 Å². The largest absolute Gasteiger partial charge is 0.228 e. The molecule has 2 atom stereocenters. The second-order valence-corrected chi connectivity index (χ2v) is 20.2. The molecule has 0 amide bonds. The molecule has 0 saturated carbocycles. The topological polar surface area (TPSA) is 64.5 Å². The van der Waals surface area contributed by atoms with Crippen molar-refractivity contribution in [3.8, 4) is 90.3 Å². The second-order valence-electron chi connectivity index (χ2n) is 20.2. The zero-order valence-corrected chi connectivity index (χ0v) is 40.6. The lowest BCUT2D eigenvalue weighted by molar-refractivity contribution is 0.754. The summed E-state index contributed by atoms with van der Waals surface area (Å²) in [6.07, 6.45) is 0. The summed E-state index contributed by atoms with van der Waals surface area (Å²) in [4.78, 5) is 26.2. The van der Waals surface area contributed by atoms with E-state index in [4.69, 9.17) is 24.9 Å². The maximum atomic E-state index is 5.49. The first-order valence-electron chi connectivity index (χ1n) is 25.8. The number of hydrogen-bond acceptors (Lipinski definition) is 5. The van der Waals surface area contributed by atoms with Crippen molar-refractivity contribution in [2.24, 2.45) is 0 Å². The van der Waals surface area contributed by atoms with Crippen LogP contribution in [0.5, 0.6) is 0 Å². The van der Waals surface area contributed by atoms with Crippen LogP contribution in [0.2, 0.25) is 0 Å². The van der Waals surface area contributed by atoms with Gasteiger partial charge in [-0.05, 0) is 96.1 Å². The van der Waals surface area contributed by atoms with Crippen LogP contribution in [0.4, 0.5) is 0 Å². The fourth-order valence-corrected chi connectivity index (χ4v) is 13.3. The molecule has 12 aromatic rings. The van der Waals surface area contributed by atoms with Crippen LogP contribution in [-0.2, 0) is 5.41 Å². The van der Waals surface area contributed by atoms with E-state index in [2.05, 4.69) is 212 Å². The van der Waals surface area contributed by atoms with Gasteiger partial charge in [0.05, 0.1) is 16.8 Å². The Morgan fingerprint density at radius 3 is 1.19 bits per heavy atom. The van der Waals surface area contributed by atoms with E-state index >= 15 is 0 Å². The van der Waals surface area contributed by atoms with Crippen LogP contribution < -0.4 is 0 Å². The van der Waals surface area contributed by atoms with Crippen LogP contribution in [0.1, 0.15) is 67.5 Å². The highest BCUT2D eigenvalue weighted by Crippen LogP contribution is 2.64. The fourth-order valence-electron chi connectivity index (χ4n) is 13.3. The van der Waals surface area contributed by atoms with Gasteiger partial charge < -0.3 is 0 Å². The highest BCUT2D eigenvalue weighted by atomic mass is 15.0. The molecule has 2 unspecified atom stereocenters. The minimum Gasteiger partial charge on any atom is -0.228 e. The molecule has 1 spiro atoms. The van der Waals surface area contributed by atoms with Gasteiger partial charge in [-0.3, -0.25) is 0 Å². The summed E-state index contributed by atoms with van der Waals surface area (Å²) in [6, 6.07) is 89.8. The number of fused-ring (bicyclic) bond motifs is 10. The van der Waals surface area contributed by atoms with E-state index in [1.165, 1.54) is 77.9 Å². The Kier molecular flexibility index (Phi) is 9.01. The van der Waals surface area contributed by atoms with E-state index in [0.29, 0.717) is 23.3 Å². The van der Waals surface area contributed by atoms with Crippen molar-refractivity contribution < 1.29 is 0 Å². The Morgan fingerprint density at radius 2 is 0.627 bits per heavy atom. The lowest BCUT2D eigenvalue weighted by Crippen LogP contribution is -2.27. The molecule has 10 aromatic carbocycles. The zero-order chi connectivity index (χ0) is 49.2. The van der Waals surface area contributed by atoms with Gasteiger partial charge in [0.15, 0.2) is 23.3 Å². The third-order valence-corrected chi connectivity index (χ3v) is 16.3. The SMILES string of the molecule is c1ccc(-c2nc(-c3ccc4c(c3)C3c5ccccc5C4c4cc(-c5nc(-c6ccccc6)nc(-c6ccccc6)n5)ccc43)cc(-c3cccc4c3-c3ccccc3C43c4ccccc4-c4ccccc43)n2)cc1. The second kappa shape index (κ2) is 16.1. The first-order valence-corrected chi connectivity index (χ1v) is 25.8. The molecule has 2 aromatic heterocycles. The first-order chi connectivity index (χ1) is 37.2. The molecule has 0 fully saturated rings. The van der Waals surface area contributed by atoms with Crippen LogP contribution >= 0.6 is 0 Å². The van der Waals surface area contributed by atoms with Crippen LogP contribution in [0.25, 0.3) is 90.3 Å². The number of nitrogens with zero attached hydrogens (tertiary/aromatic N) is 5. The molecule has 2 bridgehead atoms. The number of rotatable bonds is 6. The zero-order valence-electron chi connectivity index (χ0n) is 40.6. The smallest absolute Gasteiger partial charge is 0.164 e. The van der Waals surface area contributed by atoms with Gasteiger partial charge in [-0.15, -0.1) is 0 Å². The predicted octanol–water partition coefficient (Wildman–Crippen LogP) is 16.0. The van der Waals surface area contributed by atoms with Crippen LogP contribution in [0.15, 0.2) is 249 Å². The molecule has 5 aliphatic carbocycles. The lowest BCUT2D eigenvalue weighted by atomic mass is 9.60.